The van der Waals surface area contributed by atoms with Gasteiger partial charge in [-0.2, -0.15) is 4.57 Å². The van der Waals surface area contributed by atoms with Gasteiger partial charge in [0.1, 0.15) is 6.54 Å². The minimum Gasteiger partial charge on any atom is -0.399 e. The third-order valence-electron chi connectivity index (χ3n) is 4.53. The molecular weight excluding hydrogens is 342 g/mol. The van der Waals surface area contributed by atoms with Crippen molar-refractivity contribution in [3.05, 3.63) is 93.0 Å². The average Bonchev–Trinajstić information content (AvgIpc) is 2.76. The number of anilines is 2. The number of aryl methyl sites for hydroxylation is 1. The number of nitrogens with zero attached hydrogens (tertiary/aromatic N) is 1. The molecule has 0 atom stereocenters. The van der Waals surface area contributed by atoms with Crippen LogP contribution in [0.5, 0.6) is 0 Å². The molecule has 0 amide bonds. The maximum Gasteiger partial charge on any atom is 0.220 e. The molecule has 28 heavy (non-hydrogen) atoms. The second-order valence-corrected chi connectivity index (χ2v) is 6.04. The van der Waals surface area contributed by atoms with Crippen molar-refractivity contribution in [1.82, 2.24) is 0 Å². The highest BCUT2D eigenvalue weighted by Crippen LogP contribution is 2.33. The van der Waals surface area contributed by atoms with Crippen LogP contribution in [0.25, 0.3) is 32.9 Å². The lowest BCUT2D eigenvalue weighted by Crippen LogP contribution is -2.36. The van der Waals surface area contributed by atoms with Crippen molar-refractivity contribution < 1.29 is 4.57 Å². The molecule has 4 rings (SSSR count). The van der Waals surface area contributed by atoms with Crippen molar-refractivity contribution >= 4 is 33.1 Å². The van der Waals surface area contributed by atoms with Crippen LogP contribution in [0, 0.1) is 0 Å². The number of pyridine rings is 1. The first-order chi connectivity index (χ1) is 13.7. The van der Waals surface area contributed by atoms with E-state index in [1.54, 1.807) is 0 Å². The summed E-state index contributed by atoms with van der Waals surface area (Å²) in [4.78, 5) is 0. The molecule has 0 radical (unpaired) electrons. The van der Waals surface area contributed by atoms with Crippen LogP contribution in [0.2, 0.25) is 0 Å². The molecule has 3 heteroatoms. The van der Waals surface area contributed by atoms with E-state index >= 15 is 0 Å². The Morgan fingerprint density at radius 1 is 0.714 bits per heavy atom. The molecule has 0 saturated carbocycles. The summed E-state index contributed by atoms with van der Waals surface area (Å²) in [7, 11) is 0. The second-order valence-electron chi connectivity index (χ2n) is 6.04. The lowest BCUT2D eigenvalue weighted by Gasteiger charge is -2.12. The van der Waals surface area contributed by atoms with E-state index in [1.165, 1.54) is 27.4 Å². The summed E-state index contributed by atoms with van der Waals surface area (Å²) in [6, 6.07) is 22.7. The highest BCUT2D eigenvalue weighted by atomic mass is 15.0. The van der Waals surface area contributed by atoms with Gasteiger partial charge in [-0.1, -0.05) is 24.3 Å². The maximum atomic E-state index is 6.10. The van der Waals surface area contributed by atoms with Crippen molar-refractivity contribution in [1.29, 1.82) is 0 Å². The van der Waals surface area contributed by atoms with Crippen molar-refractivity contribution in [2.75, 3.05) is 11.5 Å². The summed E-state index contributed by atoms with van der Waals surface area (Å²) < 4.78 is 2.32. The first-order valence-electron chi connectivity index (χ1n) is 9.18. The van der Waals surface area contributed by atoms with Gasteiger partial charge in [0.15, 0.2) is 0 Å². The van der Waals surface area contributed by atoms with Gasteiger partial charge in [-0.3, -0.25) is 0 Å². The summed E-state index contributed by atoms with van der Waals surface area (Å²) in [5, 5.41) is 3.56. The third kappa shape index (κ3) is 3.74. The Morgan fingerprint density at radius 3 is 1.89 bits per heavy atom. The predicted octanol–water partition coefficient (Wildman–Crippen LogP) is 5.74. The van der Waals surface area contributed by atoms with Crippen molar-refractivity contribution in [2.24, 2.45) is 0 Å². The first kappa shape index (κ1) is 20.7. The Bertz CT molecular complexity index is 1080. The monoisotopic (exact) mass is 370 g/mol. The molecule has 0 aliphatic heterocycles. The Morgan fingerprint density at radius 2 is 1.29 bits per heavy atom. The summed E-state index contributed by atoms with van der Waals surface area (Å²) >= 11 is 0. The second kappa shape index (κ2) is 9.38. The average molecular weight is 371 g/mol. The smallest absolute Gasteiger partial charge is 0.220 e. The standard InChI is InChI=1S/C21H19N3.2C2H4/c1-2-24-20-13-16(23)9-11-18(20)17-10-8-15(22)12-19(17)21(24)14-6-4-3-5-7-14;2*1-2/h3-13,23H,2,22H2,1H3;2*1-2H2/p+1. The fourth-order valence-corrected chi connectivity index (χ4v) is 3.49. The van der Waals surface area contributed by atoms with Gasteiger partial charge in [0, 0.05) is 28.4 Å². The highest BCUT2D eigenvalue weighted by molar-refractivity contribution is 6.10. The highest BCUT2D eigenvalue weighted by Gasteiger charge is 2.22. The van der Waals surface area contributed by atoms with Crippen molar-refractivity contribution in [3.63, 3.8) is 0 Å². The largest absolute Gasteiger partial charge is 0.399 e. The molecule has 3 aromatic carbocycles. The van der Waals surface area contributed by atoms with Crippen LogP contribution in [0.4, 0.5) is 11.4 Å². The Kier molecular flexibility index (Phi) is 6.94. The van der Waals surface area contributed by atoms with E-state index in [0.29, 0.717) is 0 Å². The molecule has 142 valence electrons. The molecule has 4 aromatic rings. The third-order valence-corrected chi connectivity index (χ3v) is 4.53. The van der Waals surface area contributed by atoms with Gasteiger partial charge in [-0.15, -0.1) is 26.3 Å². The summed E-state index contributed by atoms with van der Waals surface area (Å²) in [6.07, 6.45) is 0. The van der Waals surface area contributed by atoms with E-state index in [-0.39, 0.29) is 0 Å². The summed E-state index contributed by atoms with van der Waals surface area (Å²) in [5.74, 6) is 0. The van der Waals surface area contributed by atoms with E-state index in [4.69, 9.17) is 11.5 Å². The molecule has 1 heterocycles. The molecule has 1 aromatic heterocycles. The number of hydrogen-bond acceptors (Lipinski definition) is 2. The number of fused-ring (bicyclic) bond motifs is 3. The van der Waals surface area contributed by atoms with Crippen LogP contribution < -0.4 is 16.0 Å². The number of aromatic nitrogens is 1. The predicted molar refractivity (Wildman–Crippen MR) is 124 cm³/mol. The van der Waals surface area contributed by atoms with E-state index in [0.717, 1.165) is 23.4 Å². The van der Waals surface area contributed by atoms with Gasteiger partial charge in [-0.25, -0.2) is 0 Å². The normalized spacial score (nSPS) is 9.89. The van der Waals surface area contributed by atoms with Gasteiger partial charge < -0.3 is 11.5 Å². The SMILES string of the molecule is C=C.C=C.CC[n+]1c(-c2ccccc2)c2cc(N)ccc2c2ccc(N)cc21. The first-order valence-corrected chi connectivity index (χ1v) is 9.18. The number of nitrogens with two attached hydrogens (primary N) is 2. The Hall–Kier alpha value is -3.59. The molecule has 0 unspecified atom stereocenters. The van der Waals surface area contributed by atoms with Gasteiger partial charge in [-0.05, 0) is 43.3 Å². The molecule has 4 N–H and O–H groups in total. The maximum absolute atomic E-state index is 6.10. The summed E-state index contributed by atoms with van der Waals surface area (Å²) in [5.41, 5.74) is 17.2. The van der Waals surface area contributed by atoms with Crippen LogP contribution in [0.15, 0.2) is 93.0 Å². The van der Waals surface area contributed by atoms with Crippen LogP contribution in [-0.4, -0.2) is 0 Å². The minimum absolute atomic E-state index is 0.775. The molecule has 3 nitrogen and oxygen atoms in total. The fraction of sp³-hybridized carbons (Fsp3) is 0.0800. The molecule has 0 aliphatic carbocycles. The van der Waals surface area contributed by atoms with Crippen LogP contribution in [0.3, 0.4) is 0 Å². The van der Waals surface area contributed by atoms with E-state index in [2.05, 4.69) is 86.3 Å². The molecule has 0 aliphatic rings. The Labute approximate surface area is 167 Å². The molecule has 0 bridgehead atoms. The molecular formula is C25H28N3+. The molecule has 0 fully saturated rings. The molecule has 0 spiro atoms. The Balaban J connectivity index is 0.000000660. The number of benzene rings is 3. The zero-order chi connectivity index (χ0) is 20.7. The van der Waals surface area contributed by atoms with E-state index in [9.17, 15) is 0 Å². The van der Waals surface area contributed by atoms with Gasteiger partial charge in [0.05, 0.1) is 10.8 Å². The fourth-order valence-electron chi connectivity index (χ4n) is 3.49. The van der Waals surface area contributed by atoms with Crippen LogP contribution >= 0.6 is 0 Å². The lowest BCUT2D eigenvalue weighted by molar-refractivity contribution is -0.655. The number of nitrogen functional groups attached to an aromatic ring is 2. The quantitative estimate of drug-likeness (QED) is 0.205. The van der Waals surface area contributed by atoms with Crippen LogP contribution in [-0.2, 0) is 6.54 Å². The van der Waals surface area contributed by atoms with E-state index in [1.807, 2.05) is 18.2 Å². The summed E-state index contributed by atoms with van der Waals surface area (Å²) in [6.45, 7) is 15.0. The molecule has 0 saturated heterocycles. The van der Waals surface area contributed by atoms with Crippen molar-refractivity contribution in [2.45, 2.75) is 13.5 Å². The zero-order valence-electron chi connectivity index (χ0n) is 16.5. The van der Waals surface area contributed by atoms with Crippen LogP contribution in [0.1, 0.15) is 6.92 Å². The van der Waals surface area contributed by atoms with E-state index < -0.39 is 0 Å². The van der Waals surface area contributed by atoms with Gasteiger partial charge in [0.2, 0.25) is 11.2 Å². The number of rotatable bonds is 2. The lowest BCUT2D eigenvalue weighted by atomic mass is 9.98. The van der Waals surface area contributed by atoms with Gasteiger partial charge in [0.25, 0.3) is 0 Å². The van der Waals surface area contributed by atoms with Crippen molar-refractivity contribution in [3.8, 4) is 11.3 Å². The number of hydrogen-bond donors (Lipinski definition) is 2. The van der Waals surface area contributed by atoms with Gasteiger partial charge >= 0.3 is 0 Å². The zero-order valence-corrected chi connectivity index (χ0v) is 16.5. The minimum atomic E-state index is 0.775. The topological polar surface area (TPSA) is 55.9 Å².